The summed E-state index contributed by atoms with van der Waals surface area (Å²) in [6.07, 6.45) is 7.96. The molecular formula is C34H38N12O2. The zero-order valence-corrected chi connectivity index (χ0v) is 27.4. The van der Waals surface area contributed by atoms with E-state index in [1.54, 1.807) is 36.1 Å². The van der Waals surface area contributed by atoms with Crippen LogP contribution < -0.4 is 16.9 Å². The Morgan fingerprint density at radius 3 is 1.54 bits per heavy atom. The fourth-order valence-corrected chi connectivity index (χ4v) is 5.71. The van der Waals surface area contributed by atoms with Crippen molar-refractivity contribution in [3.8, 4) is 5.69 Å². The predicted molar refractivity (Wildman–Crippen MR) is 184 cm³/mol. The molecular weight excluding hydrogens is 608 g/mol. The summed E-state index contributed by atoms with van der Waals surface area (Å²) < 4.78 is 5.06. The van der Waals surface area contributed by atoms with Gasteiger partial charge in [0.25, 0.3) is 11.1 Å². The van der Waals surface area contributed by atoms with Gasteiger partial charge in [0.1, 0.15) is 35.3 Å². The molecule has 0 bridgehead atoms. The largest absolute Gasteiger partial charge is 0.399 e. The van der Waals surface area contributed by atoms with Gasteiger partial charge in [-0.1, -0.05) is 51.0 Å². The number of anilines is 1. The Balaban J connectivity index is 0.000000170. The van der Waals surface area contributed by atoms with Gasteiger partial charge in [0.05, 0.1) is 11.4 Å². The lowest BCUT2D eigenvalue weighted by molar-refractivity contribution is 0.750. The van der Waals surface area contributed by atoms with E-state index in [2.05, 4.69) is 54.2 Å². The van der Waals surface area contributed by atoms with Crippen LogP contribution in [0.3, 0.4) is 0 Å². The van der Waals surface area contributed by atoms with Crippen molar-refractivity contribution in [2.75, 3.05) is 5.73 Å². The zero-order valence-electron chi connectivity index (χ0n) is 27.4. The van der Waals surface area contributed by atoms with Crippen molar-refractivity contribution in [3.63, 3.8) is 0 Å². The van der Waals surface area contributed by atoms with E-state index < -0.39 is 0 Å². The first-order chi connectivity index (χ1) is 23.2. The highest BCUT2D eigenvalue weighted by atomic mass is 16.1. The molecule has 246 valence electrons. The van der Waals surface area contributed by atoms with Crippen LogP contribution in [0.15, 0.2) is 70.8 Å². The van der Waals surface area contributed by atoms with Gasteiger partial charge < -0.3 is 15.7 Å². The Morgan fingerprint density at radius 1 is 0.667 bits per heavy atom. The molecule has 5 aromatic heterocycles. The van der Waals surface area contributed by atoms with Crippen molar-refractivity contribution in [2.45, 2.75) is 52.4 Å². The molecule has 0 unspecified atom stereocenters. The van der Waals surface area contributed by atoms with Crippen LogP contribution in [-0.2, 0) is 39.8 Å². The van der Waals surface area contributed by atoms with Gasteiger partial charge in [-0.3, -0.25) is 23.5 Å². The minimum absolute atomic E-state index is 0.146. The first kappa shape index (κ1) is 32.0. The summed E-state index contributed by atoms with van der Waals surface area (Å²) in [6.45, 7) is 4.18. The third kappa shape index (κ3) is 6.77. The Bertz CT molecular complexity index is 2280. The minimum atomic E-state index is -0.150. The molecule has 5 heterocycles. The monoisotopic (exact) mass is 646 g/mol. The van der Waals surface area contributed by atoms with Gasteiger partial charge in [0.2, 0.25) is 0 Å². The van der Waals surface area contributed by atoms with Gasteiger partial charge in [-0.2, -0.15) is 10.2 Å². The number of aryl methyl sites for hydroxylation is 4. The molecule has 0 aliphatic heterocycles. The maximum absolute atomic E-state index is 12.5. The number of aromatic nitrogens is 11. The van der Waals surface area contributed by atoms with E-state index >= 15 is 0 Å². The van der Waals surface area contributed by atoms with Crippen LogP contribution >= 0.6 is 0 Å². The van der Waals surface area contributed by atoms with Crippen molar-refractivity contribution in [1.29, 1.82) is 0 Å². The second kappa shape index (κ2) is 13.8. The van der Waals surface area contributed by atoms with E-state index in [4.69, 9.17) is 5.73 Å². The van der Waals surface area contributed by atoms with Gasteiger partial charge >= 0.3 is 0 Å². The molecule has 14 heteroatoms. The summed E-state index contributed by atoms with van der Waals surface area (Å²) in [5, 5.41) is 16.5. The molecule has 4 N–H and O–H groups in total. The number of rotatable bonds is 9. The number of nitrogens with two attached hydrogens (primary N) is 1. The standard InChI is InChI=1S/C18H19N7O.C16H19N5O/c1-3-4-14-16-17(24(2)23-14)18(26)22-15(21-16)9-12-5-7-13(8-6-12)25-10-19-20-11-25;1-3-4-12-14-15(21(2)20-12)16(22)19-13(18-14)9-10-5-7-11(17)8-6-10/h5-8,10-11H,3-4,9H2,1-2H3,(H,21,22,26);5-8H,3-4,9,17H2,1-2H3,(H,18,19,22). The van der Waals surface area contributed by atoms with Gasteiger partial charge in [0.15, 0.2) is 11.0 Å². The Hall–Kier alpha value is -5.92. The Kier molecular flexibility index (Phi) is 9.23. The molecule has 0 aliphatic carbocycles. The van der Waals surface area contributed by atoms with Crippen LogP contribution in [-0.4, -0.2) is 54.3 Å². The maximum Gasteiger partial charge on any atom is 0.277 e. The van der Waals surface area contributed by atoms with Crippen LogP contribution in [0.4, 0.5) is 5.69 Å². The third-order valence-corrected chi connectivity index (χ3v) is 7.97. The number of benzene rings is 2. The smallest absolute Gasteiger partial charge is 0.277 e. The second-order valence-electron chi connectivity index (χ2n) is 11.7. The Morgan fingerprint density at radius 2 is 1.10 bits per heavy atom. The van der Waals surface area contributed by atoms with Crippen LogP contribution in [0.1, 0.15) is 60.9 Å². The summed E-state index contributed by atoms with van der Waals surface area (Å²) in [5.74, 6) is 1.29. The van der Waals surface area contributed by atoms with Crippen LogP contribution in [0.2, 0.25) is 0 Å². The molecule has 7 aromatic rings. The van der Waals surface area contributed by atoms with Gasteiger partial charge in [-0.05, 0) is 48.2 Å². The highest BCUT2D eigenvalue weighted by molar-refractivity contribution is 5.77. The van der Waals surface area contributed by atoms with Crippen LogP contribution in [0.5, 0.6) is 0 Å². The molecule has 48 heavy (non-hydrogen) atoms. The maximum atomic E-state index is 12.5. The van der Waals surface area contributed by atoms with Gasteiger partial charge in [-0.15, -0.1) is 10.2 Å². The van der Waals surface area contributed by atoms with Crippen molar-refractivity contribution in [2.24, 2.45) is 14.1 Å². The number of nitrogens with zero attached hydrogens (tertiary/aromatic N) is 9. The number of nitrogen functional groups attached to an aromatic ring is 1. The van der Waals surface area contributed by atoms with Crippen molar-refractivity contribution in [3.05, 3.63) is 116 Å². The summed E-state index contributed by atoms with van der Waals surface area (Å²) in [6, 6.07) is 15.6. The number of hydrogen-bond acceptors (Lipinski definition) is 9. The zero-order chi connectivity index (χ0) is 33.8. The van der Waals surface area contributed by atoms with E-state index in [0.717, 1.165) is 59.6 Å². The summed E-state index contributed by atoms with van der Waals surface area (Å²) in [5.41, 5.74) is 13.4. The van der Waals surface area contributed by atoms with E-state index in [9.17, 15) is 9.59 Å². The molecule has 0 amide bonds. The molecule has 0 radical (unpaired) electrons. The molecule has 0 saturated heterocycles. The lowest BCUT2D eigenvalue weighted by atomic mass is 10.1. The average molecular weight is 647 g/mol. The molecule has 0 fully saturated rings. The molecule has 7 rings (SSSR count). The Labute approximate surface area is 275 Å². The number of nitrogens with one attached hydrogen (secondary N) is 2. The fourth-order valence-electron chi connectivity index (χ4n) is 5.71. The molecule has 0 aliphatic rings. The predicted octanol–water partition coefficient (Wildman–Crippen LogP) is 3.56. The van der Waals surface area contributed by atoms with E-state index in [1.165, 1.54) is 0 Å². The third-order valence-electron chi connectivity index (χ3n) is 7.97. The average Bonchev–Trinajstić information content (AvgIpc) is 3.78. The minimum Gasteiger partial charge on any atom is -0.399 e. The summed E-state index contributed by atoms with van der Waals surface area (Å²) >= 11 is 0. The quantitative estimate of drug-likeness (QED) is 0.197. The summed E-state index contributed by atoms with van der Waals surface area (Å²) in [4.78, 5) is 39.8. The number of aromatic amines is 2. The molecule has 2 aromatic carbocycles. The first-order valence-electron chi connectivity index (χ1n) is 15.9. The lowest BCUT2D eigenvalue weighted by Crippen LogP contribution is -2.14. The number of H-pyrrole nitrogens is 2. The number of hydrogen-bond donors (Lipinski definition) is 3. The normalized spacial score (nSPS) is 11.2. The van der Waals surface area contributed by atoms with E-state index in [-0.39, 0.29) is 11.1 Å². The SMILES string of the molecule is CCCc1nn(C)c2c(=O)[nH]c(Cc3ccc(-n4cnnc4)cc3)nc12.CCCc1nn(C)c2c(=O)[nH]c(Cc3ccc(N)cc3)nc12. The molecule has 0 spiro atoms. The molecule has 0 atom stereocenters. The highest BCUT2D eigenvalue weighted by Crippen LogP contribution is 2.17. The van der Waals surface area contributed by atoms with Crippen molar-refractivity contribution < 1.29 is 0 Å². The second-order valence-corrected chi connectivity index (χ2v) is 11.7. The van der Waals surface area contributed by atoms with Gasteiger partial charge in [0, 0.05) is 38.3 Å². The summed E-state index contributed by atoms with van der Waals surface area (Å²) in [7, 11) is 3.56. The first-order valence-corrected chi connectivity index (χ1v) is 15.9. The van der Waals surface area contributed by atoms with E-state index in [1.807, 2.05) is 53.1 Å². The molecule has 0 saturated carbocycles. The van der Waals surface area contributed by atoms with Crippen molar-refractivity contribution >= 4 is 27.8 Å². The van der Waals surface area contributed by atoms with Crippen LogP contribution in [0.25, 0.3) is 27.8 Å². The fraction of sp³-hybridized carbons (Fsp3) is 0.294. The topological polar surface area (TPSA) is 184 Å². The lowest BCUT2D eigenvalue weighted by Gasteiger charge is -2.05. The number of fused-ring (bicyclic) bond motifs is 2. The van der Waals surface area contributed by atoms with Gasteiger partial charge in [-0.25, -0.2) is 9.97 Å². The highest BCUT2D eigenvalue weighted by Gasteiger charge is 2.16. The van der Waals surface area contributed by atoms with Crippen molar-refractivity contribution in [1.82, 2.24) is 54.3 Å². The molecule has 14 nitrogen and oxygen atoms in total. The van der Waals surface area contributed by atoms with Crippen LogP contribution in [0, 0.1) is 0 Å². The van der Waals surface area contributed by atoms with E-state index in [0.29, 0.717) is 46.6 Å².